The maximum absolute atomic E-state index is 12.3. The zero-order chi connectivity index (χ0) is 13.3. The number of carbonyl (C=O) groups is 1. The first-order valence-electron chi connectivity index (χ1n) is 5.46. The van der Waals surface area contributed by atoms with Gasteiger partial charge in [-0.05, 0) is 18.9 Å². The van der Waals surface area contributed by atoms with E-state index in [2.05, 4.69) is 10.4 Å². The molecule has 100 valence electrons. The minimum absolute atomic E-state index is 0.123. The first kappa shape index (κ1) is 12.9. The molecule has 1 aliphatic rings. The van der Waals surface area contributed by atoms with Gasteiger partial charge in [0.05, 0.1) is 6.54 Å². The van der Waals surface area contributed by atoms with Gasteiger partial charge < -0.3 is 10.4 Å². The van der Waals surface area contributed by atoms with Crippen molar-refractivity contribution in [1.82, 2.24) is 15.1 Å². The van der Waals surface area contributed by atoms with Crippen molar-refractivity contribution in [3.63, 3.8) is 0 Å². The quantitative estimate of drug-likeness (QED) is 0.835. The molecule has 0 saturated heterocycles. The van der Waals surface area contributed by atoms with E-state index < -0.39 is 23.9 Å². The SMILES string of the molecule is O=C(O)[C@@H](Cn1ccc(C(F)(F)F)n1)NC1CC1. The molecule has 1 fully saturated rings. The molecule has 1 aromatic rings. The molecular weight excluding hydrogens is 251 g/mol. The lowest BCUT2D eigenvalue weighted by atomic mass is 10.3. The third-order valence-electron chi connectivity index (χ3n) is 2.61. The summed E-state index contributed by atoms with van der Waals surface area (Å²) in [5.41, 5.74) is -1.02. The molecule has 0 unspecified atom stereocenters. The van der Waals surface area contributed by atoms with Gasteiger partial charge in [-0.1, -0.05) is 0 Å². The van der Waals surface area contributed by atoms with Crippen LogP contribution in [0.5, 0.6) is 0 Å². The van der Waals surface area contributed by atoms with Crippen molar-refractivity contribution in [2.24, 2.45) is 0 Å². The van der Waals surface area contributed by atoms with Crippen LogP contribution in [0.25, 0.3) is 0 Å². The van der Waals surface area contributed by atoms with Gasteiger partial charge in [-0.15, -0.1) is 0 Å². The van der Waals surface area contributed by atoms with Crippen molar-refractivity contribution < 1.29 is 23.1 Å². The average Bonchev–Trinajstić information content (AvgIpc) is 2.91. The summed E-state index contributed by atoms with van der Waals surface area (Å²) >= 11 is 0. The normalized spacial score (nSPS) is 17.7. The van der Waals surface area contributed by atoms with Crippen molar-refractivity contribution in [2.75, 3.05) is 0 Å². The van der Waals surface area contributed by atoms with Crippen molar-refractivity contribution in [2.45, 2.75) is 37.6 Å². The monoisotopic (exact) mass is 263 g/mol. The molecule has 1 heterocycles. The molecule has 0 spiro atoms. The van der Waals surface area contributed by atoms with Crippen LogP contribution in [0.2, 0.25) is 0 Å². The fourth-order valence-electron chi connectivity index (χ4n) is 1.54. The molecule has 0 amide bonds. The number of halogens is 3. The molecule has 5 nitrogen and oxygen atoms in total. The van der Waals surface area contributed by atoms with Gasteiger partial charge in [-0.3, -0.25) is 9.48 Å². The summed E-state index contributed by atoms with van der Waals surface area (Å²) in [7, 11) is 0. The minimum Gasteiger partial charge on any atom is -0.480 e. The number of aromatic nitrogens is 2. The fourth-order valence-corrected chi connectivity index (χ4v) is 1.54. The standard InChI is InChI=1S/C10H12F3N3O2/c11-10(12,13)8-3-4-16(15-8)5-7(9(17)18)14-6-1-2-6/h3-4,6-7,14H,1-2,5H2,(H,17,18)/t7-/m1/s1. The van der Waals surface area contributed by atoms with Crippen LogP contribution >= 0.6 is 0 Å². The molecule has 0 aromatic carbocycles. The van der Waals surface area contributed by atoms with E-state index in [1.165, 1.54) is 0 Å². The number of nitrogens with zero attached hydrogens (tertiary/aromatic N) is 2. The van der Waals surface area contributed by atoms with E-state index in [0.29, 0.717) is 0 Å². The van der Waals surface area contributed by atoms with Crippen LogP contribution in [0.4, 0.5) is 13.2 Å². The number of nitrogens with one attached hydrogen (secondary N) is 1. The molecule has 1 saturated carbocycles. The first-order chi connectivity index (χ1) is 8.36. The summed E-state index contributed by atoms with van der Waals surface area (Å²) in [6, 6.07) is 0.0676. The fraction of sp³-hybridized carbons (Fsp3) is 0.600. The number of hydrogen-bond acceptors (Lipinski definition) is 3. The molecule has 2 rings (SSSR count). The highest BCUT2D eigenvalue weighted by atomic mass is 19.4. The lowest BCUT2D eigenvalue weighted by Gasteiger charge is -2.13. The second kappa shape index (κ2) is 4.60. The Morgan fingerprint density at radius 2 is 2.28 bits per heavy atom. The summed E-state index contributed by atoms with van der Waals surface area (Å²) in [5.74, 6) is -1.09. The Labute approximate surface area is 101 Å². The van der Waals surface area contributed by atoms with Gasteiger partial charge in [0.1, 0.15) is 6.04 Å². The highest BCUT2D eigenvalue weighted by Crippen LogP contribution is 2.27. The summed E-state index contributed by atoms with van der Waals surface area (Å²) in [6.07, 6.45) is -1.57. The molecule has 0 bridgehead atoms. The number of aliphatic carboxylic acids is 1. The smallest absolute Gasteiger partial charge is 0.435 e. The predicted octanol–water partition coefficient (Wildman–Crippen LogP) is 1.11. The van der Waals surface area contributed by atoms with Crippen LogP contribution in [-0.4, -0.2) is 32.9 Å². The number of alkyl halides is 3. The third-order valence-corrected chi connectivity index (χ3v) is 2.61. The Morgan fingerprint density at radius 1 is 1.61 bits per heavy atom. The Balaban J connectivity index is 2.01. The summed E-state index contributed by atoms with van der Waals surface area (Å²) in [5, 5.41) is 15.1. The van der Waals surface area contributed by atoms with Crippen molar-refractivity contribution >= 4 is 5.97 Å². The van der Waals surface area contributed by atoms with E-state index in [9.17, 15) is 18.0 Å². The van der Waals surface area contributed by atoms with Gasteiger partial charge in [-0.25, -0.2) is 0 Å². The zero-order valence-corrected chi connectivity index (χ0v) is 9.31. The van der Waals surface area contributed by atoms with Gasteiger partial charge in [0, 0.05) is 12.2 Å². The predicted molar refractivity (Wildman–Crippen MR) is 54.8 cm³/mol. The molecule has 18 heavy (non-hydrogen) atoms. The zero-order valence-electron chi connectivity index (χ0n) is 9.31. The lowest BCUT2D eigenvalue weighted by Crippen LogP contribution is -2.41. The van der Waals surface area contributed by atoms with E-state index in [1.807, 2.05) is 0 Å². The molecule has 8 heteroatoms. The van der Waals surface area contributed by atoms with E-state index >= 15 is 0 Å². The Hall–Kier alpha value is -1.57. The lowest BCUT2D eigenvalue weighted by molar-refractivity contribution is -0.141. The molecule has 0 aliphatic heterocycles. The van der Waals surface area contributed by atoms with Crippen LogP contribution in [0.3, 0.4) is 0 Å². The Bertz CT molecular complexity index is 440. The highest BCUT2D eigenvalue weighted by molar-refractivity contribution is 5.73. The second-order valence-corrected chi connectivity index (χ2v) is 4.25. The molecule has 0 radical (unpaired) electrons. The molecule has 1 aromatic heterocycles. The van der Waals surface area contributed by atoms with Crippen LogP contribution in [-0.2, 0) is 17.5 Å². The van der Waals surface area contributed by atoms with Gasteiger partial charge in [0.25, 0.3) is 0 Å². The van der Waals surface area contributed by atoms with Crippen molar-refractivity contribution in [1.29, 1.82) is 0 Å². The van der Waals surface area contributed by atoms with E-state index in [-0.39, 0.29) is 12.6 Å². The largest absolute Gasteiger partial charge is 0.480 e. The number of carboxylic acid groups (broad SMARTS) is 1. The third kappa shape index (κ3) is 3.22. The van der Waals surface area contributed by atoms with Crippen molar-refractivity contribution in [3.05, 3.63) is 18.0 Å². The van der Waals surface area contributed by atoms with Gasteiger partial charge in [0.15, 0.2) is 5.69 Å². The summed E-state index contributed by atoms with van der Waals surface area (Å²) in [4.78, 5) is 10.9. The van der Waals surface area contributed by atoms with Crippen LogP contribution in [0, 0.1) is 0 Å². The van der Waals surface area contributed by atoms with E-state index in [0.717, 1.165) is 29.8 Å². The number of rotatable bonds is 5. The highest BCUT2D eigenvalue weighted by Gasteiger charge is 2.34. The van der Waals surface area contributed by atoms with Gasteiger partial charge >= 0.3 is 12.1 Å². The Morgan fingerprint density at radius 3 is 2.72 bits per heavy atom. The topological polar surface area (TPSA) is 67.1 Å². The average molecular weight is 263 g/mol. The maximum Gasteiger partial charge on any atom is 0.435 e. The summed E-state index contributed by atoms with van der Waals surface area (Å²) < 4.78 is 37.9. The Kier molecular flexibility index (Phi) is 3.29. The van der Waals surface area contributed by atoms with Gasteiger partial charge in [-0.2, -0.15) is 18.3 Å². The van der Waals surface area contributed by atoms with Gasteiger partial charge in [0.2, 0.25) is 0 Å². The summed E-state index contributed by atoms with van der Waals surface area (Å²) in [6.45, 7) is -0.123. The number of carboxylic acids is 1. The van der Waals surface area contributed by atoms with Crippen LogP contribution in [0.15, 0.2) is 12.3 Å². The molecule has 1 aliphatic carbocycles. The number of hydrogen-bond donors (Lipinski definition) is 2. The first-order valence-corrected chi connectivity index (χ1v) is 5.46. The van der Waals surface area contributed by atoms with Crippen LogP contribution in [0.1, 0.15) is 18.5 Å². The van der Waals surface area contributed by atoms with Crippen molar-refractivity contribution in [3.8, 4) is 0 Å². The molecule has 2 N–H and O–H groups in total. The van der Waals surface area contributed by atoms with E-state index in [4.69, 9.17) is 5.11 Å². The van der Waals surface area contributed by atoms with Crippen LogP contribution < -0.4 is 5.32 Å². The minimum atomic E-state index is -4.51. The molecular formula is C10H12F3N3O2. The van der Waals surface area contributed by atoms with E-state index in [1.54, 1.807) is 0 Å². The maximum atomic E-state index is 12.3. The molecule has 1 atom stereocenters. The second-order valence-electron chi connectivity index (χ2n) is 4.25.